The molecule has 3 atom stereocenters. The Bertz CT molecular complexity index is 555. The van der Waals surface area contributed by atoms with Crippen molar-refractivity contribution in [3.05, 3.63) is 24.3 Å². The van der Waals surface area contributed by atoms with Crippen LogP contribution in [-0.2, 0) is 14.3 Å². The van der Waals surface area contributed by atoms with Crippen molar-refractivity contribution in [1.82, 2.24) is 0 Å². The first kappa shape index (κ1) is 18.3. The quantitative estimate of drug-likeness (QED) is 0.805. The van der Waals surface area contributed by atoms with Gasteiger partial charge in [-0.1, -0.05) is 13.8 Å². The minimum atomic E-state index is -0.286. The fourth-order valence-electron chi connectivity index (χ4n) is 2.96. The van der Waals surface area contributed by atoms with Crippen LogP contribution in [0.1, 0.15) is 46.0 Å². The van der Waals surface area contributed by atoms with Gasteiger partial charge in [-0.25, -0.2) is 0 Å². The van der Waals surface area contributed by atoms with Crippen molar-refractivity contribution in [3.8, 4) is 5.75 Å². The van der Waals surface area contributed by atoms with Crippen molar-refractivity contribution >= 4 is 17.6 Å². The molecule has 1 aromatic rings. The normalized spacial score (nSPS) is 23.4. The fraction of sp³-hybridized carbons (Fsp3) is 0.579. The molecule has 1 aromatic carbocycles. The second kappa shape index (κ2) is 8.71. The van der Waals surface area contributed by atoms with E-state index in [0.29, 0.717) is 17.5 Å². The average Bonchev–Trinajstić information content (AvgIpc) is 2.57. The Balaban J connectivity index is 1.70. The molecule has 1 N–H and O–H groups in total. The molecule has 0 unspecified atom stereocenters. The van der Waals surface area contributed by atoms with E-state index in [2.05, 4.69) is 19.2 Å². The molecule has 0 radical (unpaired) electrons. The second-order valence-electron chi connectivity index (χ2n) is 6.66. The lowest BCUT2D eigenvalue weighted by molar-refractivity contribution is -0.152. The van der Waals surface area contributed by atoms with Crippen LogP contribution in [0.3, 0.4) is 0 Å². The number of rotatable bonds is 6. The summed E-state index contributed by atoms with van der Waals surface area (Å²) in [4.78, 5) is 23.8. The SMILES string of the molecule is COc1ccc(NC(=O)CCC(=O)O[C@H]2CC[C@H](C)[C@@H](C)C2)cc1. The van der Waals surface area contributed by atoms with Crippen LogP contribution < -0.4 is 10.1 Å². The van der Waals surface area contributed by atoms with E-state index in [4.69, 9.17) is 9.47 Å². The summed E-state index contributed by atoms with van der Waals surface area (Å²) < 4.78 is 10.6. The van der Waals surface area contributed by atoms with Gasteiger partial charge in [-0.05, 0) is 55.4 Å². The maximum Gasteiger partial charge on any atom is 0.306 e. The van der Waals surface area contributed by atoms with E-state index in [9.17, 15) is 9.59 Å². The van der Waals surface area contributed by atoms with E-state index in [0.717, 1.165) is 25.0 Å². The number of hydrogen-bond donors (Lipinski definition) is 1. The molecule has 5 nitrogen and oxygen atoms in total. The van der Waals surface area contributed by atoms with Gasteiger partial charge in [0.15, 0.2) is 0 Å². The monoisotopic (exact) mass is 333 g/mol. The number of ether oxygens (including phenoxy) is 2. The van der Waals surface area contributed by atoms with Gasteiger partial charge >= 0.3 is 5.97 Å². The van der Waals surface area contributed by atoms with Gasteiger partial charge in [0.2, 0.25) is 5.91 Å². The number of benzene rings is 1. The van der Waals surface area contributed by atoms with Crippen LogP contribution in [0.25, 0.3) is 0 Å². The van der Waals surface area contributed by atoms with Crippen molar-refractivity contribution in [1.29, 1.82) is 0 Å². The predicted molar refractivity (Wildman–Crippen MR) is 92.9 cm³/mol. The molecule has 132 valence electrons. The molecule has 24 heavy (non-hydrogen) atoms. The van der Waals surface area contributed by atoms with Crippen LogP contribution in [-0.4, -0.2) is 25.1 Å². The molecule has 1 aliphatic rings. The van der Waals surface area contributed by atoms with Gasteiger partial charge in [0.25, 0.3) is 0 Å². The van der Waals surface area contributed by atoms with Crippen LogP contribution in [0.15, 0.2) is 24.3 Å². The Morgan fingerprint density at radius 1 is 1.08 bits per heavy atom. The largest absolute Gasteiger partial charge is 0.497 e. The number of amides is 1. The summed E-state index contributed by atoms with van der Waals surface area (Å²) in [5.74, 6) is 1.52. The summed E-state index contributed by atoms with van der Waals surface area (Å²) in [6.45, 7) is 4.44. The zero-order valence-corrected chi connectivity index (χ0v) is 14.7. The number of anilines is 1. The average molecular weight is 333 g/mol. The summed E-state index contributed by atoms with van der Waals surface area (Å²) in [6.07, 6.45) is 3.19. The van der Waals surface area contributed by atoms with Crippen molar-refractivity contribution in [2.24, 2.45) is 11.8 Å². The predicted octanol–water partition coefficient (Wildman–Crippen LogP) is 3.78. The number of nitrogens with one attached hydrogen (secondary N) is 1. The molecule has 5 heteroatoms. The van der Waals surface area contributed by atoms with Gasteiger partial charge < -0.3 is 14.8 Å². The third-order valence-electron chi connectivity index (χ3n) is 4.78. The maximum atomic E-state index is 11.9. The lowest BCUT2D eigenvalue weighted by Crippen LogP contribution is -2.29. The van der Waals surface area contributed by atoms with Gasteiger partial charge in [-0.3, -0.25) is 9.59 Å². The van der Waals surface area contributed by atoms with E-state index in [1.54, 1.807) is 31.4 Å². The zero-order valence-electron chi connectivity index (χ0n) is 14.7. The third kappa shape index (κ3) is 5.55. The van der Waals surface area contributed by atoms with Crippen LogP contribution in [0, 0.1) is 11.8 Å². The molecular weight excluding hydrogens is 306 g/mol. The number of carbonyl (C=O) groups excluding carboxylic acids is 2. The summed E-state index contributed by atoms with van der Waals surface area (Å²) in [5.41, 5.74) is 0.685. The van der Waals surface area contributed by atoms with E-state index >= 15 is 0 Å². The summed E-state index contributed by atoms with van der Waals surface area (Å²) in [5, 5.41) is 2.76. The molecular formula is C19H27NO4. The molecule has 1 amide bonds. The van der Waals surface area contributed by atoms with Crippen molar-refractivity contribution in [3.63, 3.8) is 0 Å². The molecule has 1 saturated carbocycles. The standard InChI is InChI=1S/C19H27NO4/c1-13-4-7-17(12-14(13)2)24-19(22)11-10-18(21)20-15-5-8-16(23-3)9-6-15/h5-6,8-9,13-14,17H,4,7,10-12H2,1-3H3,(H,20,21)/t13-,14-,17-/m0/s1. The summed E-state index contributed by atoms with van der Waals surface area (Å²) >= 11 is 0. The number of methoxy groups -OCH3 is 1. The van der Waals surface area contributed by atoms with Gasteiger partial charge in [-0.2, -0.15) is 0 Å². The van der Waals surface area contributed by atoms with Crippen LogP contribution in [0.5, 0.6) is 5.75 Å². The fourth-order valence-corrected chi connectivity index (χ4v) is 2.96. The minimum absolute atomic E-state index is 0.00773. The van der Waals surface area contributed by atoms with Crippen LogP contribution >= 0.6 is 0 Å². The summed E-state index contributed by atoms with van der Waals surface area (Å²) in [6, 6.07) is 7.07. The smallest absolute Gasteiger partial charge is 0.306 e. The van der Waals surface area contributed by atoms with Gasteiger partial charge in [0.1, 0.15) is 11.9 Å². The number of carbonyl (C=O) groups is 2. The van der Waals surface area contributed by atoms with Gasteiger partial charge in [-0.15, -0.1) is 0 Å². The first-order valence-corrected chi connectivity index (χ1v) is 8.61. The maximum absolute atomic E-state index is 11.9. The van der Waals surface area contributed by atoms with Crippen LogP contribution in [0.2, 0.25) is 0 Å². The summed E-state index contributed by atoms with van der Waals surface area (Å²) in [7, 11) is 1.59. The molecule has 0 aromatic heterocycles. The highest BCUT2D eigenvalue weighted by atomic mass is 16.5. The first-order chi connectivity index (χ1) is 11.5. The van der Waals surface area contributed by atoms with E-state index in [-0.39, 0.29) is 30.8 Å². The third-order valence-corrected chi connectivity index (χ3v) is 4.78. The Morgan fingerprint density at radius 3 is 2.42 bits per heavy atom. The van der Waals surface area contributed by atoms with Crippen molar-refractivity contribution < 1.29 is 19.1 Å². The molecule has 0 bridgehead atoms. The molecule has 0 aliphatic heterocycles. The Labute approximate surface area is 143 Å². The molecule has 2 rings (SSSR count). The van der Waals surface area contributed by atoms with Crippen LogP contribution in [0.4, 0.5) is 5.69 Å². The van der Waals surface area contributed by atoms with Crippen molar-refractivity contribution in [2.45, 2.75) is 52.1 Å². The first-order valence-electron chi connectivity index (χ1n) is 8.61. The Kier molecular flexibility index (Phi) is 6.64. The molecule has 1 aliphatic carbocycles. The highest BCUT2D eigenvalue weighted by molar-refractivity contribution is 5.92. The number of esters is 1. The topological polar surface area (TPSA) is 64.6 Å². The Hall–Kier alpha value is -2.04. The highest BCUT2D eigenvalue weighted by Crippen LogP contribution is 2.31. The Morgan fingerprint density at radius 2 is 1.79 bits per heavy atom. The molecule has 0 spiro atoms. The number of hydrogen-bond acceptors (Lipinski definition) is 4. The van der Waals surface area contributed by atoms with E-state index in [1.807, 2.05) is 0 Å². The lowest BCUT2D eigenvalue weighted by Gasteiger charge is -2.31. The highest BCUT2D eigenvalue weighted by Gasteiger charge is 2.27. The molecule has 0 heterocycles. The molecule has 0 saturated heterocycles. The second-order valence-corrected chi connectivity index (χ2v) is 6.66. The van der Waals surface area contributed by atoms with Gasteiger partial charge in [0.05, 0.1) is 13.5 Å². The van der Waals surface area contributed by atoms with Gasteiger partial charge in [0, 0.05) is 12.1 Å². The zero-order chi connectivity index (χ0) is 17.5. The van der Waals surface area contributed by atoms with E-state index < -0.39 is 0 Å². The lowest BCUT2D eigenvalue weighted by atomic mass is 9.80. The molecule has 1 fully saturated rings. The van der Waals surface area contributed by atoms with Crippen molar-refractivity contribution in [2.75, 3.05) is 12.4 Å². The van der Waals surface area contributed by atoms with E-state index in [1.165, 1.54) is 0 Å². The minimum Gasteiger partial charge on any atom is -0.497 e.